The third-order valence-electron chi connectivity index (χ3n) is 5.03. The molecule has 0 aromatic heterocycles. The Morgan fingerprint density at radius 2 is 1.62 bits per heavy atom. The Kier molecular flexibility index (Phi) is 8.25. The summed E-state index contributed by atoms with van der Waals surface area (Å²) in [5.74, 6) is 0.222. The van der Waals surface area contributed by atoms with E-state index in [0.29, 0.717) is 23.8 Å². The topological polar surface area (TPSA) is 67.4 Å². The van der Waals surface area contributed by atoms with Gasteiger partial charge in [-0.3, -0.25) is 9.59 Å². The number of para-hydroxylation sites is 2. The minimum Gasteiger partial charge on any atom is -0.493 e. The zero-order chi connectivity index (χ0) is 21.4. The van der Waals surface area contributed by atoms with E-state index in [1.165, 1.54) is 0 Å². The van der Waals surface area contributed by atoms with Crippen molar-refractivity contribution in [2.75, 3.05) is 11.9 Å². The van der Waals surface area contributed by atoms with Crippen molar-refractivity contribution in [2.24, 2.45) is 5.92 Å². The van der Waals surface area contributed by atoms with Gasteiger partial charge in [-0.1, -0.05) is 58.0 Å². The van der Waals surface area contributed by atoms with E-state index in [4.69, 9.17) is 4.74 Å². The minimum atomic E-state index is -0.665. The second-order valence-corrected chi connectivity index (χ2v) is 7.51. The third kappa shape index (κ3) is 5.83. The standard InChI is InChI=1S/C24H32N2O3/c1-6-17(5)18-12-8-10-14-20(18)25-24(28)22(16(3)4)26-23(27)19-13-9-11-15-21(19)29-7-2/h8-17,22H,6-7H2,1-5H3,(H,25,28)(H,26,27)/t17-,22-/m0/s1. The molecule has 0 aliphatic carbocycles. The molecule has 0 aliphatic rings. The van der Waals surface area contributed by atoms with Crippen LogP contribution in [0.5, 0.6) is 5.75 Å². The van der Waals surface area contributed by atoms with Gasteiger partial charge in [-0.2, -0.15) is 0 Å². The number of benzene rings is 2. The van der Waals surface area contributed by atoms with Crippen LogP contribution in [0.2, 0.25) is 0 Å². The van der Waals surface area contributed by atoms with E-state index in [0.717, 1.165) is 17.7 Å². The largest absolute Gasteiger partial charge is 0.493 e. The van der Waals surface area contributed by atoms with Crippen molar-refractivity contribution in [3.8, 4) is 5.75 Å². The monoisotopic (exact) mass is 396 g/mol. The predicted molar refractivity (Wildman–Crippen MR) is 117 cm³/mol. The highest BCUT2D eigenvalue weighted by molar-refractivity contribution is 6.02. The summed E-state index contributed by atoms with van der Waals surface area (Å²) in [6.45, 7) is 10.4. The van der Waals surface area contributed by atoms with Crippen LogP contribution in [0.1, 0.15) is 62.9 Å². The molecular formula is C24H32N2O3. The van der Waals surface area contributed by atoms with Gasteiger partial charge in [-0.05, 0) is 48.9 Å². The van der Waals surface area contributed by atoms with Gasteiger partial charge in [-0.15, -0.1) is 0 Å². The summed E-state index contributed by atoms with van der Waals surface area (Å²) in [6.07, 6.45) is 0.978. The maximum Gasteiger partial charge on any atom is 0.255 e. The number of anilines is 1. The van der Waals surface area contributed by atoms with E-state index in [9.17, 15) is 9.59 Å². The minimum absolute atomic E-state index is 0.0750. The molecule has 2 aromatic carbocycles. The first kappa shape index (κ1) is 22.5. The Hall–Kier alpha value is -2.82. The first-order valence-electron chi connectivity index (χ1n) is 10.3. The van der Waals surface area contributed by atoms with Gasteiger partial charge in [0.1, 0.15) is 11.8 Å². The van der Waals surface area contributed by atoms with E-state index in [-0.39, 0.29) is 17.7 Å². The molecule has 0 saturated carbocycles. The molecule has 0 unspecified atom stereocenters. The molecule has 0 spiro atoms. The van der Waals surface area contributed by atoms with E-state index >= 15 is 0 Å². The average Bonchev–Trinajstić information content (AvgIpc) is 2.72. The Labute approximate surface area is 173 Å². The molecule has 2 amide bonds. The fourth-order valence-electron chi connectivity index (χ4n) is 3.16. The Balaban J connectivity index is 2.20. The van der Waals surface area contributed by atoms with Gasteiger partial charge >= 0.3 is 0 Å². The molecule has 0 heterocycles. The number of hydrogen-bond donors (Lipinski definition) is 2. The van der Waals surface area contributed by atoms with Crippen LogP contribution >= 0.6 is 0 Å². The summed E-state index contributed by atoms with van der Waals surface area (Å²) in [5, 5.41) is 5.90. The first-order chi connectivity index (χ1) is 13.9. The lowest BCUT2D eigenvalue weighted by Crippen LogP contribution is -2.47. The molecule has 0 fully saturated rings. The van der Waals surface area contributed by atoms with Crippen LogP contribution in [0.4, 0.5) is 5.69 Å². The number of rotatable bonds is 9. The van der Waals surface area contributed by atoms with E-state index in [2.05, 4.69) is 24.5 Å². The van der Waals surface area contributed by atoms with Gasteiger partial charge in [0, 0.05) is 5.69 Å². The van der Waals surface area contributed by atoms with Crippen molar-refractivity contribution >= 4 is 17.5 Å². The van der Waals surface area contributed by atoms with Crippen LogP contribution in [0.15, 0.2) is 48.5 Å². The summed E-state index contributed by atoms with van der Waals surface area (Å²) < 4.78 is 5.55. The molecule has 0 aliphatic heterocycles. The number of amides is 2. The lowest BCUT2D eigenvalue weighted by atomic mass is 9.96. The van der Waals surface area contributed by atoms with Crippen LogP contribution in [0, 0.1) is 5.92 Å². The van der Waals surface area contributed by atoms with Crippen molar-refractivity contribution in [3.05, 3.63) is 59.7 Å². The number of nitrogens with one attached hydrogen (secondary N) is 2. The molecule has 2 atom stereocenters. The molecule has 5 nitrogen and oxygen atoms in total. The quantitative estimate of drug-likeness (QED) is 0.627. The van der Waals surface area contributed by atoms with Crippen LogP contribution < -0.4 is 15.4 Å². The fourth-order valence-corrected chi connectivity index (χ4v) is 3.16. The van der Waals surface area contributed by atoms with Gasteiger partial charge in [-0.25, -0.2) is 0 Å². The molecule has 2 N–H and O–H groups in total. The first-order valence-corrected chi connectivity index (χ1v) is 10.3. The summed E-state index contributed by atoms with van der Waals surface area (Å²) in [7, 11) is 0. The van der Waals surface area contributed by atoms with Gasteiger partial charge in [0.2, 0.25) is 5.91 Å². The highest BCUT2D eigenvalue weighted by Gasteiger charge is 2.26. The van der Waals surface area contributed by atoms with Crippen LogP contribution in [0.3, 0.4) is 0 Å². The van der Waals surface area contributed by atoms with Gasteiger partial charge < -0.3 is 15.4 Å². The van der Waals surface area contributed by atoms with Crippen molar-refractivity contribution in [3.63, 3.8) is 0 Å². The molecule has 156 valence electrons. The Bertz CT molecular complexity index is 832. The predicted octanol–water partition coefficient (Wildman–Crippen LogP) is 4.99. The lowest BCUT2D eigenvalue weighted by Gasteiger charge is -2.24. The molecule has 0 saturated heterocycles. The number of carbonyl (C=O) groups is 2. The number of ether oxygens (including phenoxy) is 1. The highest BCUT2D eigenvalue weighted by Crippen LogP contribution is 2.27. The van der Waals surface area contributed by atoms with Crippen LogP contribution in [0.25, 0.3) is 0 Å². The highest BCUT2D eigenvalue weighted by atomic mass is 16.5. The van der Waals surface area contributed by atoms with Crippen LogP contribution in [-0.2, 0) is 4.79 Å². The molecule has 29 heavy (non-hydrogen) atoms. The third-order valence-corrected chi connectivity index (χ3v) is 5.03. The van der Waals surface area contributed by atoms with Crippen molar-refractivity contribution in [2.45, 2.75) is 53.0 Å². The van der Waals surface area contributed by atoms with E-state index < -0.39 is 6.04 Å². The van der Waals surface area contributed by atoms with Gasteiger partial charge in [0.25, 0.3) is 5.91 Å². The summed E-state index contributed by atoms with van der Waals surface area (Å²) in [6, 6.07) is 14.2. The zero-order valence-corrected chi connectivity index (χ0v) is 18.0. The summed E-state index contributed by atoms with van der Waals surface area (Å²) >= 11 is 0. The number of carbonyl (C=O) groups excluding carboxylic acids is 2. The van der Waals surface area contributed by atoms with Crippen molar-refractivity contribution in [1.29, 1.82) is 0 Å². The van der Waals surface area contributed by atoms with Crippen LogP contribution in [-0.4, -0.2) is 24.5 Å². The maximum atomic E-state index is 13.0. The van der Waals surface area contributed by atoms with Crippen molar-refractivity contribution < 1.29 is 14.3 Å². The van der Waals surface area contributed by atoms with E-state index in [1.54, 1.807) is 18.2 Å². The molecule has 2 rings (SSSR count). The molecular weight excluding hydrogens is 364 g/mol. The zero-order valence-electron chi connectivity index (χ0n) is 18.0. The fraction of sp³-hybridized carbons (Fsp3) is 0.417. The van der Waals surface area contributed by atoms with Gasteiger partial charge in [0.05, 0.1) is 12.2 Å². The molecule has 5 heteroatoms. The van der Waals surface area contributed by atoms with Gasteiger partial charge in [0.15, 0.2) is 0 Å². The SMILES string of the molecule is CCOc1ccccc1C(=O)N[C@H](C(=O)Nc1ccccc1[C@@H](C)CC)C(C)C. The Morgan fingerprint density at radius 1 is 0.966 bits per heavy atom. The summed E-state index contributed by atoms with van der Waals surface area (Å²) in [5.41, 5.74) is 2.31. The molecule has 0 radical (unpaired) electrons. The molecule has 2 aromatic rings. The molecule has 0 bridgehead atoms. The summed E-state index contributed by atoms with van der Waals surface area (Å²) in [4.78, 5) is 25.9. The Morgan fingerprint density at radius 3 is 2.28 bits per heavy atom. The average molecular weight is 397 g/mol. The normalized spacial score (nSPS) is 12.9. The van der Waals surface area contributed by atoms with E-state index in [1.807, 2.05) is 51.1 Å². The number of hydrogen-bond acceptors (Lipinski definition) is 3. The smallest absolute Gasteiger partial charge is 0.255 e. The maximum absolute atomic E-state index is 13.0. The second kappa shape index (κ2) is 10.6. The second-order valence-electron chi connectivity index (χ2n) is 7.51. The van der Waals surface area contributed by atoms with Crippen molar-refractivity contribution in [1.82, 2.24) is 5.32 Å². The lowest BCUT2D eigenvalue weighted by molar-refractivity contribution is -0.118.